The number of anilines is 1. The number of amides is 1. The van der Waals surface area contributed by atoms with Crippen LogP contribution in [0.3, 0.4) is 0 Å². The fourth-order valence-corrected chi connectivity index (χ4v) is 1.28. The van der Waals surface area contributed by atoms with Gasteiger partial charge in [-0.05, 0) is 6.07 Å². The first-order valence-corrected chi connectivity index (χ1v) is 4.41. The molecule has 0 saturated heterocycles. The molecule has 0 spiro atoms. The van der Waals surface area contributed by atoms with Gasteiger partial charge in [-0.2, -0.15) is 0 Å². The summed E-state index contributed by atoms with van der Waals surface area (Å²) >= 11 is 10.7. The predicted octanol–water partition coefficient (Wildman–Crippen LogP) is 3.45. The number of hydrogen-bond acceptors (Lipinski definition) is 2. The zero-order valence-corrected chi connectivity index (χ0v) is 8.92. The lowest BCUT2D eigenvalue weighted by atomic mass is 10.3. The molecule has 0 aliphatic heterocycles. The SMILES string of the molecule is COC(=O)Nc1cc(Cl)c(F)c(Cl)c1F. The van der Waals surface area contributed by atoms with Gasteiger partial charge < -0.3 is 4.74 Å². The minimum Gasteiger partial charge on any atom is -0.453 e. The van der Waals surface area contributed by atoms with Crippen molar-refractivity contribution in [3.8, 4) is 0 Å². The van der Waals surface area contributed by atoms with Crippen LogP contribution in [0.5, 0.6) is 0 Å². The van der Waals surface area contributed by atoms with Gasteiger partial charge in [-0.3, -0.25) is 5.32 Å². The first kappa shape index (κ1) is 12.0. The average molecular weight is 256 g/mol. The second-order valence-corrected chi connectivity index (χ2v) is 3.25. The quantitative estimate of drug-likeness (QED) is 0.617. The Hall–Kier alpha value is -1.07. The van der Waals surface area contributed by atoms with Gasteiger partial charge in [0.1, 0.15) is 5.02 Å². The first-order chi connectivity index (χ1) is 6.97. The Morgan fingerprint density at radius 2 is 2.00 bits per heavy atom. The van der Waals surface area contributed by atoms with E-state index in [-0.39, 0.29) is 5.69 Å². The molecule has 1 aromatic rings. The summed E-state index contributed by atoms with van der Waals surface area (Å²) in [6.45, 7) is 0. The van der Waals surface area contributed by atoms with E-state index in [0.29, 0.717) is 0 Å². The highest BCUT2D eigenvalue weighted by Gasteiger charge is 2.17. The number of carbonyl (C=O) groups excluding carboxylic acids is 1. The largest absolute Gasteiger partial charge is 0.453 e. The van der Waals surface area contributed by atoms with Crippen LogP contribution in [0.1, 0.15) is 0 Å². The maximum absolute atomic E-state index is 13.2. The number of carbonyl (C=O) groups is 1. The molecule has 1 rings (SSSR count). The van der Waals surface area contributed by atoms with E-state index in [1.54, 1.807) is 0 Å². The van der Waals surface area contributed by atoms with Crippen LogP contribution in [-0.4, -0.2) is 13.2 Å². The van der Waals surface area contributed by atoms with Crippen LogP contribution in [0, 0.1) is 11.6 Å². The van der Waals surface area contributed by atoms with E-state index >= 15 is 0 Å². The van der Waals surface area contributed by atoms with E-state index in [9.17, 15) is 13.6 Å². The molecule has 0 saturated carbocycles. The third-order valence-electron chi connectivity index (χ3n) is 1.52. The molecule has 15 heavy (non-hydrogen) atoms. The number of hydrogen-bond donors (Lipinski definition) is 1. The van der Waals surface area contributed by atoms with Gasteiger partial charge in [-0.15, -0.1) is 0 Å². The molecular weight excluding hydrogens is 251 g/mol. The highest BCUT2D eigenvalue weighted by Crippen LogP contribution is 2.31. The molecule has 1 N–H and O–H groups in total. The van der Waals surface area contributed by atoms with Gasteiger partial charge in [0.15, 0.2) is 11.6 Å². The first-order valence-electron chi connectivity index (χ1n) is 3.65. The van der Waals surface area contributed by atoms with Crippen molar-refractivity contribution in [2.75, 3.05) is 12.4 Å². The molecule has 0 aliphatic rings. The lowest BCUT2D eigenvalue weighted by molar-refractivity contribution is 0.187. The van der Waals surface area contributed by atoms with E-state index in [4.69, 9.17) is 23.2 Å². The third-order valence-corrected chi connectivity index (χ3v) is 2.13. The number of benzene rings is 1. The summed E-state index contributed by atoms with van der Waals surface area (Å²) in [6.07, 6.45) is -0.910. The van der Waals surface area contributed by atoms with Crippen molar-refractivity contribution in [3.63, 3.8) is 0 Å². The highest BCUT2D eigenvalue weighted by molar-refractivity contribution is 6.35. The maximum Gasteiger partial charge on any atom is 0.411 e. The molecule has 1 aromatic carbocycles. The highest BCUT2D eigenvalue weighted by atomic mass is 35.5. The minimum atomic E-state index is -1.11. The topological polar surface area (TPSA) is 38.3 Å². The standard InChI is InChI=1S/C8H5Cl2F2NO2/c1-15-8(14)13-4-2-3(9)6(11)5(10)7(4)12/h2H,1H3,(H,13,14). The van der Waals surface area contributed by atoms with Crippen LogP contribution in [-0.2, 0) is 4.74 Å². The van der Waals surface area contributed by atoms with Gasteiger partial charge >= 0.3 is 6.09 Å². The number of ether oxygens (including phenoxy) is 1. The van der Waals surface area contributed by atoms with E-state index in [1.165, 1.54) is 0 Å². The zero-order chi connectivity index (χ0) is 11.6. The van der Waals surface area contributed by atoms with Crippen molar-refractivity contribution in [1.82, 2.24) is 0 Å². The molecule has 82 valence electrons. The van der Waals surface area contributed by atoms with Gasteiger partial charge in [-0.25, -0.2) is 13.6 Å². The average Bonchev–Trinajstić information content (AvgIpc) is 2.22. The fraction of sp³-hybridized carbons (Fsp3) is 0.125. The number of rotatable bonds is 1. The van der Waals surface area contributed by atoms with Crippen LogP contribution in [0.4, 0.5) is 19.3 Å². The van der Waals surface area contributed by atoms with Gasteiger partial charge in [0.2, 0.25) is 0 Å². The zero-order valence-electron chi connectivity index (χ0n) is 7.41. The normalized spacial score (nSPS) is 9.93. The molecule has 0 aromatic heterocycles. The summed E-state index contributed by atoms with van der Waals surface area (Å²) < 4.78 is 30.4. The van der Waals surface area contributed by atoms with Gasteiger partial charge in [-0.1, -0.05) is 23.2 Å². The van der Waals surface area contributed by atoms with Crippen molar-refractivity contribution in [2.45, 2.75) is 0 Å². The van der Waals surface area contributed by atoms with Crippen molar-refractivity contribution in [3.05, 3.63) is 27.7 Å². The summed E-state index contributed by atoms with van der Waals surface area (Å²) in [4.78, 5) is 10.8. The Morgan fingerprint density at radius 3 is 2.53 bits per heavy atom. The molecule has 0 unspecified atom stereocenters. The molecule has 0 aliphatic carbocycles. The second kappa shape index (κ2) is 4.63. The Kier molecular flexibility index (Phi) is 3.71. The summed E-state index contributed by atoms with van der Waals surface area (Å²) in [5.41, 5.74) is -0.349. The lowest BCUT2D eigenvalue weighted by Crippen LogP contribution is -2.12. The monoisotopic (exact) mass is 255 g/mol. The Labute approximate surface area is 93.9 Å². The lowest BCUT2D eigenvalue weighted by Gasteiger charge is -2.07. The molecule has 0 heterocycles. The Bertz CT molecular complexity index is 412. The number of nitrogens with one attached hydrogen (secondary N) is 1. The summed E-state index contributed by atoms with van der Waals surface area (Å²) in [5.74, 6) is -2.18. The molecular formula is C8H5Cl2F2NO2. The van der Waals surface area contributed by atoms with Gasteiger partial charge in [0.25, 0.3) is 0 Å². The summed E-state index contributed by atoms with van der Waals surface area (Å²) in [5, 5.41) is 0.818. The predicted molar refractivity (Wildman–Crippen MR) is 52.4 cm³/mol. The van der Waals surface area contributed by atoms with E-state index in [2.05, 4.69) is 4.74 Å². The minimum absolute atomic E-state index is 0.349. The summed E-state index contributed by atoms with van der Waals surface area (Å²) in [7, 11) is 1.10. The third kappa shape index (κ3) is 2.49. The van der Waals surface area contributed by atoms with E-state index in [1.807, 2.05) is 5.32 Å². The van der Waals surface area contributed by atoms with Crippen LogP contribution >= 0.6 is 23.2 Å². The van der Waals surface area contributed by atoms with Crippen LogP contribution < -0.4 is 5.32 Å². The number of methoxy groups -OCH3 is 1. The smallest absolute Gasteiger partial charge is 0.411 e. The molecule has 1 amide bonds. The number of halogens is 4. The molecule has 3 nitrogen and oxygen atoms in total. The Balaban J connectivity index is 3.15. The van der Waals surface area contributed by atoms with Crippen LogP contribution in [0.15, 0.2) is 6.07 Å². The van der Waals surface area contributed by atoms with E-state index < -0.39 is 27.8 Å². The Morgan fingerprint density at radius 1 is 1.40 bits per heavy atom. The van der Waals surface area contributed by atoms with Gasteiger partial charge in [0.05, 0.1) is 17.8 Å². The van der Waals surface area contributed by atoms with Crippen molar-refractivity contribution in [2.24, 2.45) is 0 Å². The fourth-order valence-electron chi connectivity index (χ4n) is 0.825. The van der Waals surface area contributed by atoms with Crippen molar-refractivity contribution in [1.29, 1.82) is 0 Å². The molecule has 0 radical (unpaired) electrons. The maximum atomic E-state index is 13.2. The molecule has 7 heteroatoms. The molecule has 0 atom stereocenters. The summed E-state index contributed by atoms with van der Waals surface area (Å²) in [6, 6.07) is 0.898. The van der Waals surface area contributed by atoms with Crippen molar-refractivity contribution >= 4 is 35.0 Å². The van der Waals surface area contributed by atoms with E-state index in [0.717, 1.165) is 13.2 Å². The van der Waals surface area contributed by atoms with Crippen LogP contribution in [0.2, 0.25) is 10.0 Å². The van der Waals surface area contributed by atoms with Crippen molar-refractivity contribution < 1.29 is 18.3 Å². The molecule has 0 bridgehead atoms. The van der Waals surface area contributed by atoms with Gasteiger partial charge in [0, 0.05) is 0 Å². The molecule has 0 fully saturated rings. The van der Waals surface area contributed by atoms with Crippen LogP contribution in [0.25, 0.3) is 0 Å². The second-order valence-electron chi connectivity index (χ2n) is 2.46.